The van der Waals surface area contributed by atoms with Gasteiger partial charge in [-0.25, -0.2) is 0 Å². The van der Waals surface area contributed by atoms with E-state index >= 15 is 0 Å². The maximum absolute atomic E-state index is 5.35. The zero-order valence-electron chi connectivity index (χ0n) is 14.7. The van der Waals surface area contributed by atoms with Crippen LogP contribution in [-0.2, 0) is 0 Å². The molecule has 0 saturated carbocycles. The van der Waals surface area contributed by atoms with Gasteiger partial charge in [-0.05, 0) is 32.0 Å². The van der Waals surface area contributed by atoms with Gasteiger partial charge in [0.2, 0.25) is 0 Å². The summed E-state index contributed by atoms with van der Waals surface area (Å²) < 4.78 is 0. The molecule has 2 nitrogen and oxygen atoms in total. The van der Waals surface area contributed by atoms with Crippen LogP contribution in [0, 0.1) is 0 Å². The van der Waals surface area contributed by atoms with Crippen LogP contribution < -0.4 is 10.6 Å². The van der Waals surface area contributed by atoms with Crippen molar-refractivity contribution in [3.05, 3.63) is 0 Å². The molecule has 0 aromatic heterocycles. The summed E-state index contributed by atoms with van der Waals surface area (Å²) in [6, 6.07) is 0.496. The van der Waals surface area contributed by atoms with Crippen LogP contribution in [0.15, 0.2) is 0 Å². The highest BCUT2D eigenvalue weighted by Gasteiger charge is 2.03. The number of hydrogen-bond donors (Lipinski definition) is 2. The van der Waals surface area contributed by atoms with E-state index in [0.717, 1.165) is 11.7 Å². The van der Waals surface area contributed by atoms with Gasteiger partial charge in [0.15, 0.2) is 5.11 Å². The minimum absolute atomic E-state index is 0.496. The van der Waals surface area contributed by atoms with Crippen LogP contribution in [0.5, 0.6) is 0 Å². The zero-order valence-corrected chi connectivity index (χ0v) is 15.5. The van der Waals surface area contributed by atoms with Gasteiger partial charge in [0, 0.05) is 12.6 Å². The van der Waals surface area contributed by atoms with E-state index in [0.29, 0.717) is 6.04 Å². The summed E-state index contributed by atoms with van der Waals surface area (Å²) in [6.45, 7) is 7.77. The topological polar surface area (TPSA) is 24.1 Å². The SMILES string of the molecule is CCCCCCCCCNC(=S)NC(C)CCCCCC. The minimum Gasteiger partial charge on any atom is -0.363 e. The molecule has 21 heavy (non-hydrogen) atoms. The highest BCUT2D eigenvalue weighted by atomic mass is 32.1. The van der Waals surface area contributed by atoms with Crippen LogP contribution >= 0.6 is 12.2 Å². The van der Waals surface area contributed by atoms with Crippen molar-refractivity contribution in [3.63, 3.8) is 0 Å². The second kappa shape index (κ2) is 16.1. The number of rotatable bonds is 14. The van der Waals surface area contributed by atoms with Crippen molar-refractivity contribution in [3.8, 4) is 0 Å². The fourth-order valence-corrected chi connectivity index (χ4v) is 2.81. The van der Waals surface area contributed by atoms with Crippen LogP contribution in [0.3, 0.4) is 0 Å². The lowest BCUT2D eigenvalue weighted by atomic mass is 10.1. The molecule has 2 N–H and O–H groups in total. The Morgan fingerprint density at radius 3 is 1.95 bits per heavy atom. The van der Waals surface area contributed by atoms with Gasteiger partial charge in [0.25, 0.3) is 0 Å². The van der Waals surface area contributed by atoms with Crippen LogP contribution in [-0.4, -0.2) is 17.7 Å². The van der Waals surface area contributed by atoms with Crippen LogP contribution in [0.2, 0.25) is 0 Å². The van der Waals surface area contributed by atoms with Crippen molar-refractivity contribution in [1.82, 2.24) is 10.6 Å². The first-order valence-electron chi connectivity index (χ1n) is 9.25. The fraction of sp³-hybridized carbons (Fsp3) is 0.944. The van der Waals surface area contributed by atoms with E-state index in [1.807, 2.05) is 0 Å². The summed E-state index contributed by atoms with van der Waals surface area (Å²) >= 11 is 5.35. The predicted octanol–water partition coefficient (Wildman–Crippen LogP) is 5.56. The second-order valence-corrected chi connectivity index (χ2v) is 6.68. The van der Waals surface area contributed by atoms with E-state index in [1.165, 1.54) is 77.0 Å². The van der Waals surface area contributed by atoms with Crippen molar-refractivity contribution in [1.29, 1.82) is 0 Å². The predicted molar refractivity (Wildman–Crippen MR) is 100.0 cm³/mol. The summed E-state index contributed by atoms with van der Waals surface area (Å²) in [6.07, 6.45) is 16.0. The highest BCUT2D eigenvalue weighted by molar-refractivity contribution is 7.80. The zero-order chi connectivity index (χ0) is 15.8. The Kier molecular flexibility index (Phi) is 15.8. The molecule has 0 saturated heterocycles. The third-order valence-corrected chi connectivity index (χ3v) is 4.20. The van der Waals surface area contributed by atoms with Gasteiger partial charge < -0.3 is 10.6 Å². The van der Waals surface area contributed by atoms with Gasteiger partial charge in [-0.1, -0.05) is 78.1 Å². The van der Waals surface area contributed by atoms with Gasteiger partial charge in [-0.15, -0.1) is 0 Å². The third-order valence-electron chi connectivity index (χ3n) is 3.93. The first-order chi connectivity index (χ1) is 10.2. The molecule has 3 heteroatoms. The van der Waals surface area contributed by atoms with Crippen LogP contribution in [0.25, 0.3) is 0 Å². The van der Waals surface area contributed by atoms with Crippen molar-refractivity contribution >= 4 is 17.3 Å². The van der Waals surface area contributed by atoms with Crippen LogP contribution in [0.4, 0.5) is 0 Å². The van der Waals surface area contributed by atoms with E-state index in [1.54, 1.807) is 0 Å². The van der Waals surface area contributed by atoms with Gasteiger partial charge in [0.1, 0.15) is 0 Å². The Hall–Kier alpha value is -0.310. The van der Waals surface area contributed by atoms with E-state index < -0.39 is 0 Å². The van der Waals surface area contributed by atoms with Gasteiger partial charge in [0.05, 0.1) is 0 Å². The Bertz CT molecular complexity index is 231. The highest BCUT2D eigenvalue weighted by Crippen LogP contribution is 2.06. The number of thiocarbonyl (C=S) groups is 1. The molecule has 1 unspecified atom stereocenters. The third kappa shape index (κ3) is 15.9. The molecule has 0 aliphatic heterocycles. The van der Waals surface area contributed by atoms with Crippen molar-refractivity contribution in [2.45, 2.75) is 104 Å². The molecule has 0 aromatic carbocycles. The standard InChI is InChI=1S/C18H38N2S/c1-4-6-8-10-11-12-14-16-19-18(21)20-17(3)15-13-9-7-5-2/h17H,4-16H2,1-3H3,(H2,19,20,21). The lowest BCUT2D eigenvalue weighted by Crippen LogP contribution is -2.40. The summed E-state index contributed by atoms with van der Waals surface area (Å²) in [5.41, 5.74) is 0. The van der Waals surface area contributed by atoms with Gasteiger partial charge in [-0.3, -0.25) is 0 Å². The Labute approximate surface area is 138 Å². The van der Waals surface area contributed by atoms with Gasteiger partial charge in [-0.2, -0.15) is 0 Å². The van der Waals surface area contributed by atoms with Crippen molar-refractivity contribution in [2.75, 3.05) is 6.54 Å². The summed E-state index contributed by atoms with van der Waals surface area (Å²) in [7, 11) is 0. The molecule has 0 aliphatic rings. The van der Waals surface area contributed by atoms with E-state index in [4.69, 9.17) is 12.2 Å². The van der Waals surface area contributed by atoms with Crippen molar-refractivity contribution < 1.29 is 0 Å². The average Bonchev–Trinajstić information content (AvgIpc) is 2.46. The Morgan fingerprint density at radius 1 is 0.810 bits per heavy atom. The first kappa shape index (κ1) is 20.7. The van der Waals surface area contributed by atoms with E-state index in [-0.39, 0.29) is 0 Å². The molecular weight excluding hydrogens is 276 g/mol. The molecule has 0 aliphatic carbocycles. The Morgan fingerprint density at radius 2 is 1.33 bits per heavy atom. The van der Waals surface area contributed by atoms with Gasteiger partial charge >= 0.3 is 0 Å². The normalized spacial score (nSPS) is 12.1. The minimum atomic E-state index is 0.496. The molecule has 126 valence electrons. The molecule has 0 heterocycles. The average molecular weight is 315 g/mol. The van der Waals surface area contributed by atoms with Crippen molar-refractivity contribution in [2.24, 2.45) is 0 Å². The molecule has 0 rings (SSSR count). The Balaban J connectivity index is 3.32. The molecule has 0 aromatic rings. The monoisotopic (exact) mass is 314 g/mol. The molecule has 0 fully saturated rings. The molecular formula is C18H38N2S. The lowest BCUT2D eigenvalue weighted by molar-refractivity contribution is 0.538. The number of hydrogen-bond acceptors (Lipinski definition) is 1. The quantitative estimate of drug-likeness (QED) is 0.324. The molecule has 0 bridgehead atoms. The summed E-state index contributed by atoms with van der Waals surface area (Å²) in [5, 5.41) is 7.57. The summed E-state index contributed by atoms with van der Waals surface area (Å²) in [4.78, 5) is 0. The molecule has 0 radical (unpaired) electrons. The van der Waals surface area contributed by atoms with E-state index in [2.05, 4.69) is 31.4 Å². The second-order valence-electron chi connectivity index (χ2n) is 6.27. The first-order valence-corrected chi connectivity index (χ1v) is 9.65. The number of unbranched alkanes of at least 4 members (excludes halogenated alkanes) is 9. The fourth-order valence-electron chi connectivity index (χ4n) is 2.51. The maximum Gasteiger partial charge on any atom is 0.166 e. The maximum atomic E-state index is 5.35. The van der Waals surface area contributed by atoms with E-state index in [9.17, 15) is 0 Å². The lowest BCUT2D eigenvalue weighted by Gasteiger charge is -2.16. The summed E-state index contributed by atoms with van der Waals surface area (Å²) in [5.74, 6) is 0. The largest absolute Gasteiger partial charge is 0.363 e. The molecule has 1 atom stereocenters. The smallest absolute Gasteiger partial charge is 0.166 e. The molecule has 0 amide bonds. The number of nitrogens with one attached hydrogen (secondary N) is 2. The van der Waals surface area contributed by atoms with Crippen LogP contribution in [0.1, 0.15) is 97.8 Å². The molecule has 0 spiro atoms.